The lowest BCUT2D eigenvalue weighted by Gasteiger charge is -2.29. The molecule has 1 rings (SSSR count). The Morgan fingerprint density at radius 1 is 1.14 bits per heavy atom. The maximum atomic E-state index is 6.21. The number of ether oxygens (including phenoxy) is 1. The highest BCUT2D eigenvalue weighted by Crippen LogP contribution is 2.24. The lowest BCUT2D eigenvalue weighted by Crippen LogP contribution is -2.33. The van der Waals surface area contributed by atoms with Crippen LogP contribution in [-0.4, -0.2) is 11.8 Å². The molecule has 0 bridgehead atoms. The number of unbranched alkanes of at least 4 members (excludes halogenated alkanes) is 4. The second-order valence-corrected chi connectivity index (χ2v) is 7.94. The van der Waals surface area contributed by atoms with Gasteiger partial charge in [0.1, 0.15) is 6.23 Å². The van der Waals surface area contributed by atoms with Gasteiger partial charge in [-0.25, -0.2) is 0 Å². The van der Waals surface area contributed by atoms with Gasteiger partial charge in [0.25, 0.3) is 0 Å². The Morgan fingerprint density at radius 2 is 1.82 bits per heavy atom. The van der Waals surface area contributed by atoms with E-state index in [-0.39, 0.29) is 11.8 Å². The summed E-state index contributed by atoms with van der Waals surface area (Å²) in [5.74, 6) is 0. The first kappa shape index (κ1) is 19.5. The van der Waals surface area contributed by atoms with Crippen LogP contribution >= 0.6 is 15.9 Å². The minimum atomic E-state index is -0.135. The highest BCUT2D eigenvalue weighted by molar-refractivity contribution is 9.10. The summed E-state index contributed by atoms with van der Waals surface area (Å²) < 4.78 is 7.32. The van der Waals surface area contributed by atoms with E-state index in [1.54, 1.807) is 0 Å². The normalized spacial score (nSPS) is 13.2. The second kappa shape index (κ2) is 9.57. The SMILES string of the molecule is CCCCCCCC(Nc1ccc(Br)cc1C)OC(C)(C)C. The van der Waals surface area contributed by atoms with Crippen molar-refractivity contribution in [1.29, 1.82) is 0 Å². The molecular formula is C19H32BrNO. The van der Waals surface area contributed by atoms with E-state index in [0.717, 1.165) is 16.6 Å². The second-order valence-electron chi connectivity index (χ2n) is 7.03. The van der Waals surface area contributed by atoms with Crippen molar-refractivity contribution in [2.75, 3.05) is 5.32 Å². The molecule has 0 saturated heterocycles. The van der Waals surface area contributed by atoms with Crippen LogP contribution in [0.15, 0.2) is 22.7 Å². The van der Waals surface area contributed by atoms with Gasteiger partial charge >= 0.3 is 0 Å². The minimum absolute atomic E-state index is 0.0708. The van der Waals surface area contributed by atoms with E-state index in [1.807, 2.05) is 0 Å². The summed E-state index contributed by atoms with van der Waals surface area (Å²) in [6.07, 6.45) is 7.58. The largest absolute Gasteiger partial charge is 0.360 e. The van der Waals surface area contributed by atoms with Gasteiger partial charge in [0.15, 0.2) is 0 Å². The van der Waals surface area contributed by atoms with Crippen LogP contribution in [0.2, 0.25) is 0 Å². The van der Waals surface area contributed by atoms with Crippen molar-refractivity contribution in [3.63, 3.8) is 0 Å². The molecule has 0 radical (unpaired) electrons. The van der Waals surface area contributed by atoms with Gasteiger partial charge in [0.2, 0.25) is 0 Å². The van der Waals surface area contributed by atoms with Gasteiger partial charge < -0.3 is 10.1 Å². The molecule has 0 spiro atoms. The van der Waals surface area contributed by atoms with Crippen molar-refractivity contribution in [1.82, 2.24) is 0 Å². The average molecular weight is 370 g/mol. The first-order valence-electron chi connectivity index (χ1n) is 8.52. The summed E-state index contributed by atoms with van der Waals surface area (Å²) >= 11 is 3.52. The van der Waals surface area contributed by atoms with Gasteiger partial charge in [-0.3, -0.25) is 0 Å². The zero-order chi connectivity index (χ0) is 16.6. The smallest absolute Gasteiger partial charge is 0.128 e. The fraction of sp³-hybridized carbons (Fsp3) is 0.684. The Hall–Kier alpha value is -0.540. The first-order chi connectivity index (χ1) is 10.3. The van der Waals surface area contributed by atoms with Gasteiger partial charge in [-0.05, 0) is 64.3 Å². The van der Waals surface area contributed by atoms with Crippen molar-refractivity contribution in [2.45, 2.75) is 85.0 Å². The Kier molecular flexibility index (Phi) is 8.48. The van der Waals surface area contributed by atoms with Gasteiger partial charge in [0.05, 0.1) is 5.60 Å². The van der Waals surface area contributed by atoms with E-state index >= 15 is 0 Å². The van der Waals surface area contributed by atoms with Crippen molar-refractivity contribution < 1.29 is 4.74 Å². The van der Waals surface area contributed by atoms with E-state index in [0.29, 0.717) is 0 Å². The number of halogens is 1. The van der Waals surface area contributed by atoms with Crippen LogP contribution in [0.25, 0.3) is 0 Å². The number of anilines is 1. The molecule has 3 heteroatoms. The number of aryl methyl sites for hydroxylation is 1. The molecule has 1 unspecified atom stereocenters. The van der Waals surface area contributed by atoms with Crippen LogP contribution in [0.5, 0.6) is 0 Å². The van der Waals surface area contributed by atoms with Gasteiger partial charge in [-0.15, -0.1) is 0 Å². The molecule has 126 valence electrons. The molecule has 1 N–H and O–H groups in total. The highest BCUT2D eigenvalue weighted by atomic mass is 79.9. The molecule has 0 fully saturated rings. The Balaban J connectivity index is 2.61. The summed E-state index contributed by atoms with van der Waals surface area (Å²) in [4.78, 5) is 0. The molecule has 0 saturated carbocycles. The summed E-state index contributed by atoms with van der Waals surface area (Å²) in [7, 11) is 0. The van der Waals surface area contributed by atoms with Gasteiger partial charge in [-0.1, -0.05) is 48.5 Å². The molecule has 0 aliphatic carbocycles. The van der Waals surface area contributed by atoms with Crippen LogP contribution < -0.4 is 5.32 Å². The predicted molar refractivity (Wildman–Crippen MR) is 101 cm³/mol. The number of benzene rings is 1. The number of hydrogen-bond acceptors (Lipinski definition) is 2. The molecule has 1 aromatic rings. The van der Waals surface area contributed by atoms with Crippen molar-refractivity contribution >= 4 is 21.6 Å². The minimum Gasteiger partial charge on any atom is -0.360 e. The molecule has 2 nitrogen and oxygen atoms in total. The fourth-order valence-corrected chi connectivity index (χ4v) is 2.96. The van der Waals surface area contributed by atoms with E-state index in [1.165, 1.54) is 37.7 Å². The van der Waals surface area contributed by atoms with Gasteiger partial charge in [0, 0.05) is 10.2 Å². The molecule has 0 aromatic heterocycles. The van der Waals surface area contributed by atoms with Crippen LogP contribution in [0.1, 0.15) is 71.8 Å². The summed E-state index contributed by atoms with van der Waals surface area (Å²) in [6.45, 7) is 10.7. The van der Waals surface area contributed by atoms with Crippen LogP contribution in [-0.2, 0) is 4.74 Å². The summed E-state index contributed by atoms with van der Waals surface area (Å²) in [5, 5.41) is 3.58. The highest BCUT2D eigenvalue weighted by Gasteiger charge is 2.19. The van der Waals surface area contributed by atoms with Gasteiger partial charge in [-0.2, -0.15) is 0 Å². The maximum Gasteiger partial charge on any atom is 0.128 e. The topological polar surface area (TPSA) is 21.3 Å². The standard InChI is InChI=1S/C19H32BrNO/c1-6-7-8-9-10-11-18(22-19(3,4)5)21-17-13-12-16(20)14-15(17)2/h12-14,18,21H,6-11H2,1-5H3. The zero-order valence-electron chi connectivity index (χ0n) is 14.8. The molecule has 22 heavy (non-hydrogen) atoms. The number of hydrogen-bond donors (Lipinski definition) is 1. The van der Waals surface area contributed by atoms with E-state index in [9.17, 15) is 0 Å². The average Bonchev–Trinajstić information content (AvgIpc) is 2.40. The molecular weight excluding hydrogens is 338 g/mol. The zero-order valence-corrected chi connectivity index (χ0v) is 16.4. The number of rotatable bonds is 9. The van der Waals surface area contributed by atoms with Crippen molar-refractivity contribution in [2.24, 2.45) is 0 Å². The third-order valence-electron chi connectivity index (χ3n) is 3.57. The lowest BCUT2D eigenvalue weighted by atomic mass is 10.1. The van der Waals surface area contributed by atoms with Crippen molar-refractivity contribution in [3.05, 3.63) is 28.2 Å². The number of nitrogens with one attached hydrogen (secondary N) is 1. The fourth-order valence-electron chi connectivity index (χ4n) is 2.48. The molecule has 0 heterocycles. The first-order valence-corrected chi connectivity index (χ1v) is 9.31. The summed E-state index contributed by atoms with van der Waals surface area (Å²) in [6, 6.07) is 6.33. The molecule has 1 aromatic carbocycles. The monoisotopic (exact) mass is 369 g/mol. The lowest BCUT2D eigenvalue weighted by molar-refractivity contribution is -0.0506. The molecule has 0 aliphatic rings. The van der Waals surface area contributed by atoms with Crippen LogP contribution in [0.3, 0.4) is 0 Å². The van der Waals surface area contributed by atoms with Crippen LogP contribution in [0, 0.1) is 6.92 Å². The Bertz CT molecular complexity index is 440. The maximum absolute atomic E-state index is 6.21. The van der Waals surface area contributed by atoms with E-state index < -0.39 is 0 Å². The molecule has 0 aliphatic heterocycles. The third-order valence-corrected chi connectivity index (χ3v) is 4.06. The molecule has 1 atom stereocenters. The summed E-state index contributed by atoms with van der Waals surface area (Å²) in [5.41, 5.74) is 2.26. The Labute approximate surface area is 145 Å². The van der Waals surface area contributed by atoms with E-state index in [2.05, 4.69) is 74.1 Å². The quantitative estimate of drug-likeness (QED) is 0.387. The van der Waals surface area contributed by atoms with Crippen LogP contribution in [0.4, 0.5) is 5.69 Å². The molecule has 0 amide bonds. The Morgan fingerprint density at radius 3 is 2.41 bits per heavy atom. The van der Waals surface area contributed by atoms with Crippen molar-refractivity contribution in [3.8, 4) is 0 Å². The van der Waals surface area contributed by atoms with E-state index in [4.69, 9.17) is 4.74 Å². The third kappa shape index (κ3) is 8.19. The predicted octanol–water partition coefficient (Wildman–Crippen LogP) is 6.67.